The first-order valence-corrected chi connectivity index (χ1v) is 13.2. The lowest BCUT2D eigenvalue weighted by Crippen LogP contribution is -2.14. The van der Waals surface area contributed by atoms with E-state index in [1.807, 2.05) is 25.1 Å². The molecule has 4 rings (SSSR count). The van der Waals surface area contributed by atoms with Gasteiger partial charge < -0.3 is 4.74 Å². The molecule has 0 heterocycles. The molecule has 37 heavy (non-hydrogen) atoms. The molecule has 1 fully saturated rings. The average Bonchev–Trinajstić information content (AvgIpc) is 2.91. The molecule has 3 aromatic carbocycles. The molecule has 1 nitrogen and oxygen atoms in total. The van der Waals surface area contributed by atoms with E-state index in [4.69, 9.17) is 4.74 Å². The highest BCUT2D eigenvalue weighted by Gasteiger charge is 2.26. The van der Waals surface area contributed by atoms with Crippen molar-refractivity contribution in [3.05, 3.63) is 94.6 Å². The summed E-state index contributed by atoms with van der Waals surface area (Å²) in [4.78, 5) is 0. The summed E-state index contributed by atoms with van der Waals surface area (Å²) in [5.41, 5.74) is 2.52. The molecule has 0 aromatic heterocycles. The maximum absolute atomic E-state index is 14.8. The topological polar surface area (TPSA) is 9.23 Å². The second kappa shape index (κ2) is 12.4. The lowest BCUT2D eigenvalue weighted by molar-refractivity contribution is 0.284. The summed E-state index contributed by atoms with van der Waals surface area (Å²) in [6.45, 7) is 4.39. The van der Waals surface area contributed by atoms with E-state index < -0.39 is 23.3 Å². The van der Waals surface area contributed by atoms with E-state index in [2.05, 4.69) is 6.92 Å². The number of allylic oxidation sites excluding steroid dienone is 1. The van der Waals surface area contributed by atoms with Gasteiger partial charge in [0.2, 0.25) is 5.82 Å². The lowest BCUT2D eigenvalue weighted by Gasteiger charge is -2.27. The van der Waals surface area contributed by atoms with Gasteiger partial charge in [0.15, 0.2) is 23.2 Å². The van der Waals surface area contributed by atoms with E-state index in [-0.39, 0.29) is 28.7 Å². The smallest absolute Gasteiger partial charge is 0.200 e. The second-order valence-corrected chi connectivity index (χ2v) is 10.0. The Morgan fingerprint density at radius 1 is 0.784 bits per heavy atom. The van der Waals surface area contributed by atoms with Crippen LogP contribution < -0.4 is 4.74 Å². The zero-order chi connectivity index (χ0) is 26.4. The van der Waals surface area contributed by atoms with Crippen molar-refractivity contribution < 1.29 is 22.3 Å². The minimum absolute atomic E-state index is 0.0309. The average molecular weight is 511 g/mol. The number of hydrogen-bond acceptors (Lipinski definition) is 1. The molecule has 0 N–H and O–H groups in total. The molecule has 5 heteroatoms. The Kier molecular flexibility index (Phi) is 9.07. The first kappa shape index (κ1) is 27.0. The van der Waals surface area contributed by atoms with Crippen LogP contribution in [0.5, 0.6) is 5.75 Å². The molecular formula is C32H34F4O. The van der Waals surface area contributed by atoms with Gasteiger partial charge in [0.1, 0.15) is 0 Å². The van der Waals surface area contributed by atoms with Gasteiger partial charge in [0.05, 0.1) is 6.61 Å². The SMILES string of the molecule is CCCCCOc1ccc(C2CCC(/C=C/c3ccc(-c4ccc(C)cc4)c(F)c3F)CC2)c(F)c1F. The van der Waals surface area contributed by atoms with Gasteiger partial charge in [-0.1, -0.05) is 79.9 Å². The number of ether oxygens (including phenoxy) is 1. The van der Waals surface area contributed by atoms with Crippen LogP contribution in [0.4, 0.5) is 17.6 Å². The van der Waals surface area contributed by atoms with E-state index in [0.29, 0.717) is 30.6 Å². The maximum atomic E-state index is 14.8. The molecule has 0 unspecified atom stereocenters. The maximum Gasteiger partial charge on any atom is 0.200 e. The third-order valence-corrected chi connectivity index (χ3v) is 7.32. The standard InChI is InChI=1S/C32H34F4O/c1-3-4-5-20-37-28-19-18-27(31(35)32(28)36)24-13-8-22(9-14-24)10-15-25-16-17-26(30(34)29(25)33)23-11-6-21(2)7-12-23/h6-7,10-12,15-19,22,24H,3-5,8-9,13-14,20H2,1-2H3/b15-10+. The molecule has 0 radical (unpaired) electrons. The monoisotopic (exact) mass is 510 g/mol. The summed E-state index contributed by atoms with van der Waals surface area (Å²) in [7, 11) is 0. The number of halogens is 4. The van der Waals surface area contributed by atoms with Crippen LogP contribution in [0.15, 0.2) is 54.6 Å². The lowest BCUT2D eigenvalue weighted by atomic mass is 9.78. The molecule has 0 aliphatic heterocycles. The molecule has 0 amide bonds. The summed E-state index contributed by atoms with van der Waals surface area (Å²) in [5, 5.41) is 0. The highest BCUT2D eigenvalue weighted by atomic mass is 19.2. The highest BCUT2D eigenvalue weighted by Crippen LogP contribution is 2.39. The van der Waals surface area contributed by atoms with E-state index >= 15 is 0 Å². The summed E-state index contributed by atoms with van der Waals surface area (Å²) in [6, 6.07) is 13.7. The Morgan fingerprint density at radius 2 is 1.51 bits per heavy atom. The summed E-state index contributed by atoms with van der Waals surface area (Å²) >= 11 is 0. The minimum atomic E-state index is -0.914. The number of aryl methyl sites for hydroxylation is 1. The zero-order valence-corrected chi connectivity index (χ0v) is 21.5. The van der Waals surface area contributed by atoms with E-state index in [9.17, 15) is 17.6 Å². The highest BCUT2D eigenvalue weighted by molar-refractivity contribution is 5.67. The molecule has 1 aliphatic carbocycles. The van der Waals surface area contributed by atoms with Crippen LogP contribution in [0.25, 0.3) is 17.2 Å². The number of unbranched alkanes of at least 4 members (excludes halogenated alkanes) is 2. The van der Waals surface area contributed by atoms with Crippen LogP contribution in [0.1, 0.15) is 74.5 Å². The van der Waals surface area contributed by atoms with Gasteiger partial charge in [-0.05, 0) is 68.1 Å². The van der Waals surface area contributed by atoms with E-state index in [0.717, 1.165) is 37.7 Å². The minimum Gasteiger partial charge on any atom is -0.490 e. The van der Waals surface area contributed by atoms with Gasteiger partial charge in [-0.2, -0.15) is 4.39 Å². The Labute approximate surface area is 217 Å². The first-order chi connectivity index (χ1) is 17.9. The van der Waals surface area contributed by atoms with E-state index in [1.54, 1.807) is 36.4 Å². The van der Waals surface area contributed by atoms with Crippen LogP contribution in [0, 0.1) is 36.1 Å². The van der Waals surface area contributed by atoms with Crippen LogP contribution in [-0.2, 0) is 0 Å². The van der Waals surface area contributed by atoms with Gasteiger partial charge >= 0.3 is 0 Å². The van der Waals surface area contributed by atoms with Crippen molar-refractivity contribution in [1.29, 1.82) is 0 Å². The third-order valence-electron chi connectivity index (χ3n) is 7.32. The number of hydrogen-bond donors (Lipinski definition) is 0. The molecule has 0 spiro atoms. The Hall–Kier alpha value is -3.08. The molecule has 0 saturated heterocycles. The van der Waals surface area contributed by atoms with Crippen LogP contribution in [0.2, 0.25) is 0 Å². The fourth-order valence-electron chi connectivity index (χ4n) is 5.02. The van der Waals surface area contributed by atoms with Crippen LogP contribution in [0.3, 0.4) is 0 Å². The van der Waals surface area contributed by atoms with Crippen molar-refractivity contribution in [2.24, 2.45) is 5.92 Å². The Balaban J connectivity index is 1.37. The summed E-state index contributed by atoms with van der Waals surface area (Å²) in [5.74, 6) is -3.39. The van der Waals surface area contributed by atoms with Gasteiger partial charge in [0, 0.05) is 11.1 Å². The molecular weight excluding hydrogens is 476 g/mol. The molecule has 0 bridgehead atoms. The van der Waals surface area contributed by atoms with Gasteiger partial charge in [-0.3, -0.25) is 0 Å². The summed E-state index contributed by atoms with van der Waals surface area (Å²) in [6.07, 6.45) is 9.30. The predicted molar refractivity (Wildman–Crippen MR) is 142 cm³/mol. The Bertz CT molecular complexity index is 1220. The molecule has 1 aliphatic rings. The fourth-order valence-corrected chi connectivity index (χ4v) is 5.02. The largest absolute Gasteiger partial charge is 0.490 e. The Morgan fingerprint density at radius 3 is 2.22 bits per heavy atom. The fraction of sp³-hybridized carbons (Fsp3) is 0.375. The molecule has 1 saturated carbocycles. The number of rotatable bonds is 9. The molecule has 3 aromatic rings. The normalized spacial score (nSPS) is 17.9. The number of benzene rings is 3. The van der Waals surface area contributed by atoms with Crippen molar-refractivity contribution >= 4 is 6.08 Å². The second-order valence-electron chi connectivity index (χ2n) is 10.0. The van der Waals surface area contributed by atoms with Gasteiger partial charge in [0.25, 0.3) is 0 Å². The van der Waals surface area contributed by atoms with Crippen molar-refractivity contribution in [1.82, 2.24) is 0 Å². The van der Waals surface area contributed by atoms with Crippen molar-refractivity contribution in [3.8, 4) is 16.9 Å². The molecule has 0 atom stereocenters. The summed E-state index contributed by atoms with van der Waals surface area (Å²) < 4.78 is 64.3. The third kappa shape index (κ3) is 6.44. The van der Waals surface area contributed by atoms with Crippen LogP contribution in [-0.4, -0.2) is 6.61 Å². The van der Waals surface area contributed by atoms with Gasteiger partial charge in [-0.25, -0.2) is 13.2 Å². The van der Waals surface area contributed by atoms with Crippen molar-refractivity contribution in [2.45, 2.75) is 64.7 Å². The van der Waals surface area contributed by atoms with Crippen molar-refractivity contribution in [3.63, 3.8) is 0 Å². The van der Waals surface area contributed by atoms with Crippen LogP contribution >= 0.6 is 0 Å². The quantitative estimate of drug-likeness (QED) is 0.206. The van der Waals surface area contributed by atoms with Gasteiger partial charge in [-0.15, -0.1) is 0 Å². The molecule has 196 valence electrons. The zero-order valence-electron chi connectivity index (χ0n) is 21.5. The first-order valence-electron chi connectivity index (χ1n) is 13.2. The predicted octanol–water partition coefficient (Wildman–Crippen LogP) is 9.77. The van der Waals surface area contributed by atoms with Crippen molar-refractivity contribution in [2.75, 3.05) is 6.61 Å². The van der Waals surface area contributed by atoms with E-state index in [1.165, 1.54) is 6.07 Å².